The highest BCUT2D eigenvalue weighted by atomic mass is 79.9. The minimum Gasteiger partial charge on any atom is -0.507 e. The normalized spacial score (nSPS) is 17.4. The number of rotatable bonds is 6. The van der Waals surface area contributed by atoms with Gasteiger partial charge in [0.15, 0.2) is 0 Å². The zero-order valence-corrected chi connectivity index (χ0v) is 20.7. The van der Waals surface area contributed by atoms with Gasteiger partial charge in [0.05, 0.1) is 17.7 Å². The molecular formula is C27H25BrN2O4. The first-order chi connectivity index (χ1) is 16.3. The van der Waals surface area contributed by atoms with Crippen LogP contribution in [0.5, 0.6) is 5.75 Å². The molecule has 4 rings (SSSR count). The van der Waals surface area contributed by atoms with Crippen molar-refractivity contribution in [3.8, 4) is 5.75 Å². The standard InChI is InChI=1S/C27H25BrN2O4/c1-16(2)34-22-10-9-20(12-17(22)3)25(31)23-24(19-7-4-8-21(28)13-19)30(27(33)26(23)32)15-18-6-5-11-29-14-18/h4-14,16,24,31H,15H2,1-3H3/b25-23+/t24-/m1/s1. The molecule has 1 fully saturated rings. The molecule has 0 aliphatic carbocycles. The molecule has 0 saturated carbocycles. The van der Waals surface area contributed by atoms with Gasteiger partial charge in [-0.05, 0) is 73.9 Å². The number of aliphatic hydroxyl groups is 1. The van der Waals surface area contributed by atoms with Crippen LogP contribution < -0.4 is 4.74 Å². The Morgan fingerprint density at radius 2 is 1.94 bits per heavy atom. The van der Waals surface area contributed by atoms with E-state index in [0.29, 0.717) is 11.3 Å². The Balaban J connectivity index is 1.83. The summed E-state index contributed by atoms with van der Waals surface area (Å²) in [7, 11) is 0. The second-order valence-electron chi connectivity index (χ2n) is 8.49. The number of carbonyl (C=O) groups is 2. The summed E-state index contributed by atoms with van der Waals surface area (Å²) in [5, 5.41) is 11.3. The van der Waals surface area contributed by atoms with E-state index in [2.05, 4.69) is 20.9 Å². The molecule has 1 amide bonds. The van der Waals surface area contributed by atoms with Crippen LogP contribution in [0, 0.1) is 6.92 Å². The first kappa shape index (κ1) is 23.7. The number of benzene rings is 2. The summed E-state index contributed by atoms with van der Waals surface area (Å²) in [6.07, 6.45) is 3.32. The third-order valence-electron chi connectivity index (χ3n) is 5.59. The smallest absolute Gasteiger partial charge is 0.295 e. The van der Waals surface area contributed by atoms with E-state index < -0.39 is 17.7 Å². The molecule has 0 radical (unpaired) electrons. The van der Waals surface area contributed by atoms with E-state index in [4.69, 9.17) is 4.74 Å². The molecule has 1 aromatic heterocycles. The number of amides is 1. The van der Waals surface area contributed by atoms with Gasteiger partial charge in [-0.25, -0.2) is 0 Å². The molecule has 0 spiro atoms. The third kappa shape index (κ3) is 4.75. The molecule has 1 saturated heterocycles. The molecule has 174 valence electrons. The fourth-order valence-corrected chi connectivity index (χ4v) is 4.51. The van der Waals surface area contributed by atoms with Gasteiger partial charge in [-0.15, -0.1) is 0 Å². The fourth-order valence-electron chi connectivity index (χ4n) is 4.09. The van der Waals surface area contributed by atoms with Crippen molar-refractivity contribution in [2.45, 2.75) is 39.5 Å². The van der Waals surface area contributed by atoms with Gasteiger partial charge < -0.3 is 14.7 Å². The van der Waals surface area contributed by atoms with E-state index >= 15 is 0 Å². The van der Waals surface area contributed by atoms with E-state index in [0.717, 1.165) is 21.2 Å². The lowest BCUT2D eigenvalue weighted by atomic mass is 9.94. The largest absolute Gasteiger partial charge is 0.507 e. The number of hydrogen-bond donors (Lipinski definition) is 1. The molecule has 0 unspecified atom stereocenters. The number of aliphatic hydroxyl groups excluding tert-OH is 1. The fraction of sp³-hybridized carbons (Fsp3) is 0.222. The average molecular weight is 521 g/mol. The number of halogens is 1. The maximum absolute atomic E-state index is 13.2. The minimum atomic E-state index is -0.746. The molecule has 1 aliphatic heterocycles. The monoisotopic (exact) mass is 520 g/mol. The van der Waals surface area contributed by atoms with Crippen LogP contribution in [0.1, 0.15) is 42.1 Å². The van der Waals surface area contributed by atoms with Gasteiger partial charge in [-0.3, -0.25) is 14.6 Å². The summed E-state index contributed by atoms with van der Waals surface area (Å²) in [4.78, 5) is 32.0. The van der Waals surface area contributed by atoms with Crippen LogP contribution in [-0.4, -0.2) is 32.8 Å². The second kappa shape index (κ2) is 9.81. The molecule has 2 aromatic carbocycles. The lowest BCUT2D eigenvalue weighted by molar-refractivity contribution is -0.140. The number of ketones is 1. The predicted molar refractivity (Wildman–Crippen MR) is 133 cm³/mol. The van der Waals surface area contributed by atoms with Crippen LogP contribution in [-0.2, 0) is 16.1 Å². The first-order valence-electron chi connectivity index (χ1n) is 11.0. The quantitative estimate of drug-likeness (QED) is 0.261. The van der Waals surface area contributed by atoms with Crippen molar-refractivity contribution < 1.29 is 19.4 Å². The maximum atomic E-state index is 13.2. The molecule has 2 heterocycles. The zero-order valence-electron chi connectivity index (χ0n) is 19.2. The number of pyridine rings is 1. The zero-order chi connectivity index (χ0) is 24.4. The van der Waals surface area contributed by atoms with Gasteiger partial charge in [0.1, 0.15) is 11.5 Å². The van der Waals surface area contributed by atoms with E-state index in [9.17, 15) is 14.7 Å². The van der Waals surface area contributed by atoms with Gasteiger partial charge >= 0.3 is 0 Å². The number of aryl methyl sites for hydroxylation is 1. The van der Waals surface area contributed by atoms with Gasteiger partial charge in [-0.1, -0.05) is 34.1 Å². The topological polar surface area (TPSA) is 79.7 Å². The van der Waals surface area contributed by atoms with Crippen molar-refractivity contribution in [3.05, 3.63) is 99.3 Å². The van der Waals surface area contributed by atoms with Gasteiger partial charge in [-0.2, -0.15) is 0 Å². The van der Waals surface area contributed by atoms with Crippen molar-refractivity contribution in [2.24, 2.45) is 0 Å². The van der Waals surface area contributed by atoms with Crippen LogP contribution in [0.4, 0.5) is 0 Å². The number of Topliss-reactive ketones (excluding diaryl/α,β-unsaturated/α-hetero) is 1. The highest BCUT2D eigenvalue weighted by molar-refractivity contribution is 9.10. The number of carbonyl (C=O) groups excluding carboxylic acids is 2. The summed E-state index contributed by atoms with van der Waals surface area (Å²) in [6, 6.07) is 15.5. The van der Waals surface area contributed by atoms with E-state index in [-0.39, 0.29) is 24.0 Å². The van der Waals surface area contributed by atoms with Crippen LogP contribution in [0.25, 0.3) is 5.76 Å². The Morgan fingerprint density at radius 3 is 2.59 bits per heavy atom. The van der Waals surface area contributed by atoms with Gasteiger partial charge in [0.2, 0.25) is 0 Å². The number of aromatic nitrogens is 1. The van der Waals surface area contributed by atoms with Crippen LogP contribution >= 0.6 is 15.9 Å². The summed E-state index contributed by atoms with van der Waals surface area (Å²) >= 11 is 3.47. The Bertz CT molecular complexity index is 1270. The maximum Gasteiger partial charge on any atom is 0.295 e. The Labute approximate surface area is 207 Å². The number of ether oxygens (including phenoxy) is 1. The molecule has 0 bridgehead atoms. The van der Waals surface area contributed by atoms with Crippen molar-refractivity contribution >= 4 is 33.4 Å². The molecule has 1 aliphatic rings. The van der Waals surface area contributed by atoms with Crippen molar-refractivity contribution in [1.82, 2.24) is 9.88 Å². The predicted octanol–water partition coefficient (Wildman–Crippen LogP) is 5.56. The summed E-state index contributed by atoms with van der Waals surface area (Å²) in [5.74, 6) is -0.887. The highest BCUT2D eigenvalue weighted by Gasteiger charge is 2.46. The molecule has 1 N–H and O–H groups in total. The van der Waals surface area contributed by atoms with Crippen LogP contribution in [0.3, 0.4) is 0 Å². The molecule has 34 heavy (non-hydrogen) atoms. The SMILES string of the molecule is Cc1cc(/C(O)=C2\C(=O)C(=O)N(Cc3cccnc3)[C@@H]2c2cccc(Br)c2)ccc1OC(C)C. The van der Waals surface area contributed by atoms with Crippen LogP contribution in [0.2, 0.25) is 0 Å². The Morgan fingerprint density at radius 1 is 1.15 bits per heavy atom. The second-order valence-corrected chi connectivity index (χ2v) is 9.41. The van der Waals surface area contributed by atoms with Crippen molar-refractivity contribution in [1.29, 1.82) is 0 Å². The van der Waals surface area contributed by atoms with Gasteiger partial charge in [0, 0.05) is 29.0 Å². The number of nitrogens with zero attached hydrogens (tertiary/aromatic N) is 2. The van der Waals surface area contributed by atoms with Crippen molar-refractivity contribution in [3.63, 3.8) is 0 Å². The van der Waals surface area contributed by atoms with E-state index in [1.807, 2.05) is 51.1 Å². The lowest BCUT2D eigenvalue weighted by Crippen LogP contribution is -2.29. The lowest BCUT2D eigenvalue weighted by Gasteiger charge is -2.25. The highest BCUT2D eigenvalue weighted by Crippen LogP contribution is 2.41. The molecular weight excluding hydrogens is 496 g/mol. The van der Waals surface area contributed by atoms with E-state index in [1.54, 1.807) is 36.7 Å². The minimum absolute atomic E-state index is 0.00692. The molecule has 6 nitrogen and oxygen atoms in total. The van der Waals surface area contributed by atoms with Crippen LogP contribution in [0.15, 0.2) is 77.0 Å². The van der Waals surface area contributed by atoms with E-state index in [1.165, 1.54) is 4.90 Å². The van der Waals surface area contributed by atoms with Crippen molar-refractivity contribution in [2.75, 3.05) is 0 Å². The Kier molecular flexibility index (Phi) is 6.84. The number of hydrogen-bond acceptors (Lipinski definition) is 5. The molecule has 7 heteroatoms. The average Bonchev–Trinajstić information content (AvgIpc) is 3.05. The summed E-state index contributed by atoms with van der Waals surface area (Å²) < 4.78 is 6.60. The number of likely N-dealkylation sites (tertiary alicyclic amines) is 1. The Hall–Kier alpha value is -3.45. The first-order valence-corrected chi connectivity index (χ1v) is 11.8. The third-order valence-corrected chi connectivity index (χ3v) is 6.08. The molecule has 1 atom stereocenters. The molecule has 3 aromatic rings. The van der Waals surface area contributed by atoms with Gasteiger partial charge in [0.25, 0.3) is 11.7 Å². The summed E-state index contributed by atoms with van der Waals surface area (Å²) in [5.41, 5.74) is 2.84. The summed E-state index contributed by atoms with van der Waals surface area (Å²) in [6.45, 7) is 5.94.